The van der Waals surface area contributed by atoms with E-state index < -0.39 is 6.10 Å². The fourth-order valence-corrected chi connectivity index (χ4v) is 1.90. The number of furan rings is 1. The second-order valence-corrected chi connectivity index (χ2v) is 4.96. The maximum atomic E-state index is 11.9. The number of hydrogen-bond donors (Lipinski definition) is 3. The highest BCUT2D eigenvalue weighted by Gasteiger charge is 2.10. The Morgan fingerprint density at radius 3 is 2.86 bits per heavy atom. The first-order valence-corrected chi connectivity index (χ1v) is 7.07. The standard InChI is InChI=1S/C15H17ClN2O3/c1-10-7-11(17-9-12(19)8-16)4-5-13(10)18-15(20)14-3-2-6-21-14/h2-7,12,17,19H,8-9H2,1H3,(H,18,20). The Balaban J connectivity index is 2.00. The third-order valence-corrected chi connectivity index (χ3v) is 3.30. The second kappa shape index (κ2) is 7.15. The number of aryl methyl sites for hydroxylation is 1. The fraction of sp³-hybridized carbons (Fsp3) is 0.267. The summed E-state index contributed by atoms with van der Waals surface area (Å²) in [6.07, 6.45) is 0.863. The molecule has 1 aromatic heterocycles. The van der Waals surface area contributed by atoms with Crippen molar-refractivity contribution >= 4 is 28.9 Å². The summed E-state index contributed by atoms with van der Waals surface area (Å²) in [5.74, 6) is 0.159. The number of nitrogens with one attached hydrogen (secondary N) is 2. The minimum atomic E-state index is -0.592. The lowest BCUT2D eigenvalue weighted by atomic mass is 10.1. The molecule has 3 N–H and O–H groups in total. The Morgan fingerprint density at radius 1 is 1.43 bits per heavy atom. The van der Waals surface area contributed by atoms with Crippen molar-refractivity contribution in [3.63, 3.8) is 0 Å². The molecule has 0 spiro atoms. The molecule has 2 rings (SSSR count). The van der Waals surface area contributed by atoms with E-state index in [0.717, 1.165) is 11.3 Å². The van der Waals surface area contributed by atoms with Crippen LogP contribution >= 0.6 is 11.6 Å². The molecule has 1 heterocycles. The summed E-state index contributed by atoms with van der Waals surface area (Å²) in [7, 11) is 0. The normalized spacial score (nSPS) is 12.0. The van der Waals surface area contributed by atoms with Gasteiger partial charge in [0.25, 0.3) is 5.91 Å². The molecule has 2 aromatic rings. The van der Waals surface area contributed by atoms with Gasteiger partial charge in [-0.15, -0.1) is 11.6 Å². The summed E-state index contributed by atoms with van der Waals surface area (Å²) in [6.45, 7) is 2.27. The van der Waals surface area contributed by atoms with Gasteiger partial charge in [0.15, 0.2) is 5.76 Å². The van der Waals surface area contributed by atoms with Crippen molar-refractivity contribution in [2.24, 2.45) is 0 Å². The van der Waals surface area contributed by atoms with E-state index in [1.165, 1.54) is 6.26 Å². The Kier molecular flexibility index (Phi) is 5.25. The third-order valence-electron chi connectivity index (χ3n) is 2.94. The second-order valence-electron chi connectivity index (χ2n) is 4.65. The van der Waals surface area contributed by atoms with Crippen LogP contribution in [0.15, 0.2) is 41.0 Å². The van der Waals surface area contributed by atoms with Gasteiger partial charge in [-0.2, -0.15) is 0 Å². The summed E-state index contributed by atoms with van der Waals surface area (Å²) in [5.41, 5.74) is 2.47. The predicted molar refractivity (Wildman–Crippen MR) is 83.1 cm³/mol. The smallest absolute Gasteiger partial charge is 0.291 e. The van der Waals surface area contributed by atoms with Crippen LogP contribution in [0.2, 0.25) is 0 Å². The number of hydrogen-bond acceptors (Lipinski definition) is 4. The number of amides is 1. The molecule has 0 fully saturated rings. The molecular formula is C15H17ClN2O3. The summed E-state index contributed by atoms with van der Waals surface area (Å²) < 4.78 is 5.04. The first-order chi connectivity index (χ1) is 10.1. The van der Waals surface area contributed by atoms with Crippen LogP contribution in [-0.4, -0.2) is 29.5 Å². The number of rotatable bonds is 6. The van der Waals surface area contributed by atoms with Crippen molar-refractivity contribution < 1.29 is 14.3 Å². The van der Waals surface area contributed by atoms with Crippen molar-refractivity contribution in [3.8, 4) is 0 Å². The van der Waals surface area contributed by atoms with Gasteiger partial charge in [-0.3, -0.25) is 4.79 Å². The zero-order valence-corrected chi connectivity index (χ0v) is 12.4. The van der Waals surface area contributed by atoms with Gasteiger partial charge in [0, 0.05) is 17.9 Å². The van der Waals surface area contributed by atoms with Crippen LogP contribution in [0.4, 0.5) is 11.4 Å². The average molecular weight is 309 g/mol. The lowest BCUT2D eigenvalue weighted by molar-refractivity contribution is 0.0996. The molecule has 0 saturated carbocycles. The van der Waals surface area contributed by atoms with E-state index in [-0.39, 0.29) is 17.5 Å². The lowest BCUT2D eigenvalue weighted by Gasteiger charge is -2.13. The molecule has 1 amide bonds. The molecule has 6 heteroatoms. The number of carbonyl (C=O) groups is 1. The molecular weight excluding hydrogens is 292 g/mol. The van der Waals surface area contributed by atoms with Gasteiger partial charge in [-0.1, -0.05) is 0 Å². The van der Waals surface area contributed by atoms with Crippen LogP contribution in [0, 0.1) is 6.92 Å². The van der Waals surface area contributed by atoms with Crippen molar-refractivity contribution in [1.82, 2.24) is 0 Å². The number of halogens is 1. The van der Waals surface area contributed by atoms with E-state index >= 15 is 0 Å². The van der Waals surface area contributed by atoms with Crippen LogP contribution in [-0.2, 0) is 0 Å². The van der Waals surface area contributed by atoms with Crippen LogP contribution in [0.5, 0.6) is 0 Å². The fourth-order valence-electron chi connectivity index (χ4n) is 1.80. The molecule has 1 atom stereocenters. The Hall–Kier alpha value is -1.98. The van der Waals surface area contributed by atoms with Gasteiger partial charge in [-0.05, 0) is 42.8 Å². The van der Waals surface area contributed by atoms with Crippen LogP contribution in [0.3, 0.4) is 0 Å². The molecule has 112 valence electrons. The topological polar surface area (TPSA) is 74.5 Å². The van der Waals surface area contributed by atoms with Crippen molar-refractivity contribution in [2.45, 2.75) is 13.0 Å². The predicted octanol–water partition coefficient (Wildman–Crippen LogP) is 2.85. The minimum absolute atomic E-state index is 0.184. The molecule has 0 aliphatic carbocycles. The number of alkyl halides is 1. The number of aliphatic hydroxyl groups is 1. The molecule has 5 nitrogen and oxygen atoms in total. The number of benzene rings is 1. The molecule has 0 radical (unpaired) electrons. The summed E-state index contributed by atoms with van der Waals surface area (Å²) in [5, 5.41) is 15.3. The van der Waals surface area contributed by atoms with Crippen molar-refractivity contribution in [3.05, 3.63) is 47.9 Å². The molecule has 1 unspecified atom stereocenters. The zero-order chi connectivity index (χ0) is 15.2. The van der Waals surface area contributed by atoms with Crippen molar-refractivity contribution in [2.75, 3.05) is 23.1 Å². The van der Waals surface area contributed by atoms with E-state index in [4.69, 9.17) is 16.0 Å². The van der Waals surface area contributed by atoms with Crippen LogP contribution < -0.4 is 10.6 Å². The largest absolute Gasteiger partial charge is 0.459 e. The molecule has 0 bridgehead atoms. The summed E-state index contributed by atoms with van der Waals surface area (Å²) >= 11 is 5.53. The van der Waals surface area contributed by atoms with E-state index in [1.54, 1.807) is 18.2 Å². The third kappa shape index (κ3) is 4.24. The molecule has 0 aliphatic heterocycles. The Labute approximate surface area is 127 Å². The SMILES string of the molecule is Cc1cc(NCC(O)CCl)ccc1NC(=O)c1ccco1. The maximum absolute atomic E-state index is 11.9. The van der Waals surface area contributed by atoms with Gasteiger partial charge in [-0.25, -0.2) is 0 Å². The first-order valence-electron chi connectivity index (χ1n) is 6.53. The number of carbonyl (C=O) groups excluding carboxylic acids is 1. The first kappa shape index (κ1) is 15.4. The van der Waals surface area contributed by atoms with Crippen molar-refractivity contribution in [1.29, 1.82) is 0 Å². The molecule has 21 heavy (non-hydrogen) atoms. The zero-order valence-electron chi connectivity index (χ0n) is 11.6. The maximum Gasteiger partial charge on any atom is 0.291 e. The van der Waals surface area contributed by atoms with E-state index in [2.05, 4.69) is 10.6 Å². The molecule has 0 aliphatic rings. The highest BCUT2D eigenvalue weighted by molar-refractivity contribution is 6.18. The molecule has 1 aromatic carbocycles. The highest BCUT2D eigenvalue weighted by Crippen LogP contribution is 2.20. The van der Waals surface area contributed by atoms with Crippen LogP contribution in [0.25, 0.3) is 0 Å². The van der Waals surface area contributed by atoms with Gasteiger partial charge < -0.3 is 20.2 Å². The number of anilines is 2. The minimum Gasteiger partial charge on any atom is -0.459 e. The van der Waals surface area contributed by atoms with Gasteiger partial charge in [0.1, 0.15) is 0 Å². The van der Waals surface area contributed by atoms with Gasteiger partial charge >= 0.3 is 0 Å². The lowest BCUT2D eigenvalue weighted by Crippen LogP contribution is -2.20. The Morgan fingerprint density at radius 2 is 2.24 bits per heavy atom. The highest BCUT2D eigenvalue weighted by atomic mass is 35.5. The van der Waals surface area contributed by atoms with E-state index in [9.17, 15) is 9.90 Å². The summed E-state index contributed by atoms with van der Waals surface area (Å²) in [4.78, 5) is 11.9. The van der Waals surface area contributed by atoms with E-state index in [1.807, 2.05) is 19.1 Å². The number of aliphatic hydroxyl groups excluding tert-OH is 1. The van der Waals surface area contributed by atoms with Gasteiger partial charge in [0.2, 0.25) is 0 Å². The Bertz CT molecular complexity index is 599. The monoisotopic (exact) mass is 308 g/mol. The quantitative estimate of drug-likeness (QED) is 0.717. The summed E-state index contributed by atoms with van der Waals surface area (Å²) in [6, 6.07) is 8.78. The van der Waals surface area contributed by atoms with Gasteiger partial charge in [0.05, 0.1) is 18.2 Å². The van der Waals surface area contributed by atoms with Crippen LogP contribution in [0.1, 0.15) is 16.1 Å². The molecule has 0 saturated heterocycles. The van der Waals surface area contributed by atoms with E-state index in [0.29, 0.717) is 12.2 Å². The average Bonchev–Trinajstić information content (AvgIpc) is 3.01.